The Bertz CT molecular complexity index is 450. The molecule has 1 amide bonds. The predicted molar refractivity (Wildman–Crippen MR) is 78.2 cm³/mol. The number of nitrogens with zero attached hydrogens (tertiary/aromatic N) is 1. The van der Waals surface area contributed by atoms with Gasteiger partial charge in [0.05, 0.1) is 19.3 Å². The molecule has 0 atom stereocenters. The van der Waals surface area contributed by atoms with Crippen LogP contribution in [-0.2, 0) is 4.74 Å². The lowest BCUT2D eigenvalue weighted by atomic mass is 10.1. The SMILES string of the molecule is Cc1cc(Cl)cc(C(=O)N2CCC(OCCO)CC2)c1. The highest BCUT2D eigenvalue weighted by molar-refractivity contribution is 6.31. The van der Waals surface area contributed by atoms with E-state index in [0.29, 0.717) is 30.3 Å². The largest absolute Gasteiger partial charge is 0.394 e. The third kappa shape index (κ3) is 3.95. The van der Waals surface area contributed by atoms with Crippen molar-refractivity contribution in [2.24, 2.45) is 0 Å². The number of piperidine rings is 1. The van der Waals surface area contributed by atoms with Gasteiger partial charge in [-0.15, -0.1) is 0 Å². The minimum Gasteiger partial charge on any atom is -0.394 e. The van der Waals surface area contributed by atoms with E-state index in [-0.39, 0.29) is 18.6 Å². The van der Waals surface area contributed by atoms with E-state index in [1.165, 1.54) is 0 Å². The van der Waals surface area contributed by atoms with E-state index in [0.717, 1.165) is 18.4 Å². The molecule has 0 unspecified atom stereocenters. The van der Waals surface area contributed by atoms with Crippen LogP contribution >= 0.6 is 11.6 Å². The zero-order valence-corrected chi connectivity index (χ0v) is 12.4. The number of aliphatic hydroxyl groups excluding tert-OH is 1. The Morgan fingerprint density at radius 2 is 2.10 bits per heavy atom. The van der Waals surface area contributed by atoms with Crippen molar-refractivity contribution in [3.05, 3.63) is 34.3 Å². The first-order chi connectivity index (χ1) is 9.60. The fraction of sp³-hybridized carbons (Fsp3) is 0.533. The molecule has 0 saturated carbocycles. The van der Waals surface area contributed by atoms with Crippen molar-refractivity contribution in [1.29, 1.82) is 0 Å². The van der Waals surface area contributed by atoms with Gasteiger partial charge in [0, 0.05) is 23.7 Å². The summed E-state index contributed by atoms with van der Waals surface area (Å²) in [5, 5.41) is 9.33. The number of carbonyl (C=O) groups excluding carboxylic acids is 1. The summed E-state index contributed by atoms with van der Waals surface area (Å²) in [7, 11) is 0. The second-order valence-electron chi connectivity index (χ2n) is 5.10. The molecule has 5 heteroatoms. The number of hydrogen-bond acceptors (Lipinski definition) is 3. The zero-order valence-electron chi connectivity index (χ0n) is 11.6. The van der Waals surface area contributed by atoms with Crippen molar-refractivity contribution in [2.75, 3.05) is 26.3 Å². The zero-order chi connectivity index (χ0) is 14.5. The quantitative estimate of drug-likeness (QED) is 0.927. The molecule has 0 bridgehead atoms. The molecule has 1 saturated heterocycles. The van der Waals surface area contributed by atoms with Crippen molar-refractivity contribution >= 4 is 17.5 Å². The number of aliphatic hydroxyl groups is 1. The number of ether oxygens (including phenoxy) is 1. The van der Waals surface area contributed by atoms with Gasteiger partial charge in [-0.2, -0.15) is 0 Å². The molecule has 1 fully saturated rings. The van der Waals surface area contributed by atoms with E-state index in [4.69, 9.17) is 21.4 Å². The van der Waals surface area contributed by atoms with Crippen LogP contribution in [0.25, 0.3) is 0 Å². The Balaban J connectivity index is 1.94. The molecular weight excluding hydrogens is 278 g/mol. The van der Waals surface area contributed by atoms with Gasteiger partial charge >= 0.3 is 0 Å². The number of hydrogen-bond donors (Lipinski definition) is 1. The van der Waals surface area contributed by atoms with Crippen LogP contribution in [0.5, 0.6) is 0 Å². The molecule has 1 aromatic carbocycles. The van der Waals surface area contributed by atoms with Gasteiger partial charge in [-0.3, -0.25) is 4.79 Å². The number of halogens is 1. The van der Waals surface area contributed by atoms with Crippen LogP contribution in [0.15, 0.2) is 18.2 Å². The minimum atomic E-state index is 0.0243. The number of aryl methyl sites for hydroxylation is 1. The van der Waals surface area contributed by atoms with Crippen molar-refractivity contribution in [3.63, 3.8) is 0 Å². The second kappa shape index (κ2) is 7.07. The molecular formula is C15H20ClNO3. The van der Waals surface area contributed by atoms with Gasteiger partial charge < -0.3 is 14.7 Å². The minimum absolute atomic E-state index is 0.0243. The molecule has 1 heterocycles. The molecule has 1 N–H and O–H groups in total. The van der Waals surface area contributed by atoms with Gasteiger partial charge in [-0.05, 0) is 43.5 Å². The number of rotatable bonds is 4. The Labute approximate surface area is 124 Å². The standard InChI is InChI=1S/C15H20ClNO3/c1-11-8-12(10-13(16)9-11)15(19)17-4-2-14(3-5-17)20-7-6-18/h8-10,14,18H,2-7H2,1H3. The predicted octanol–water partition coefficient (Wildman–Crippen LogP) is 2.26. The average molecular weight is 298 g/mol. The van der Waals surface area contributed by atoms with Gasteiger partial charge in [0.1, 0.15) is 0 Å². The summed E-state index contributed by atoms with van der Waals surface area (Å²) >= 11 is 6.00. The molecule has 1 aliphatic rings. The van der Waals surface area contributed by atoms with Crippen molar-refractivity contribution in [2.45, 2.75) is 25.9 Å². The van der Waals surface area contributed by atoms with E-state index in [9.17, 15) is 4.79 Å². The van der Waals surface area contributed by atoms with E-state index in [1.807, 2.05) is 24.0 Å². The summed E-state index contributed by atoms with van der Waals surface area (Å²) in [6, 6.07) is 5.42. The van der Waals surface area contributed by atoms with Crippen LogP contribution in [0.4, 0.5) is 0 Å². The first kappa shape index (κ1) is 15.3. The lowest BCUT2D eigenvalue weighted by Gasteiger charge is -2.32. The van der Waals surface area contributed by atoms with E-state index in [1.54, 1.807) is 6.07 Å². The summed E-state index contributed by atoms with van der Waals surface area (Å²) in [5.41, 5.74) is 1.63. The fourth-order valence-electron chi connectivity index (χ4n) is 2.49. The number of likely N-dealkylation sites (tertiary alicyclic amines) is 1. The second-order valence-corrected chi connectivity index (χ2v) is 5.54. The molecule has 20 heavy (non-hydrogen) atoms. The Morgan fingerprint density at radius 3 is 2.70 bits per heavy atom. The maximum absolute atomic E-state index is 12.4. The van der Waals surface area contributed by atoms with Gasteiger partial charge in [0.15, 0.2) is 0 Å². The highest BCUT2D eigenvalue weighted by Gasteiger charge is 2.24. The molecule has 4 nitrogen and oxygen atoms in total. The smallest absolute Gasteiger partial charge is 0.253 e. The lowest BCUT2D eigenvalue weighted by Crippen LogP contribution is -2.41. The van der Waals surface area contributed by atoms with Gasteiger partial charge in [0.2, 0.25) is 0 Å². The highest BCUT2D eigenvalue weighted by Crippen LogP contribution is 2.19. The summed E-state index contributed by atoms with van der Waals surface area (Å²) in [6.07, 6.45) is 1.77. The van der Waals surface area contributed by atoms with Crippen LogP contribution in [0.1, 0.15) is 28.8 Å². The first-order valence-electron chi connectivity index (χ1n) is 6.89. The van der Waals surface area contributed by atoms with Crippen molar-refractivity contribution < 1.29 is 14.6 Å². The molecule has 0 aromatic heterocycles. The highest BCUT2D eigenvalue weighted by atomic mass is 35.5. The molecule has 0 aliphatic carbocycles. The van der Waals surface area contributed by atoms with Gasteiger partial charge in [-0.25, -0.2) is 0 Å². The maximum atomic E-state index is 12.4. The summed E-state index contributed by atoms with van der Waals surface area (Å²) in [4.78, 5) is 14.2. The average Bonchev–Trinajstić information content (AvgIpc) is 2.44. The summed E-state index contributed by atoms with van der Waals surface area (Å²) in [6.45, 7) is 3.70. The van der Waals surface area contributed by atoms with Crippen molar-refractivity contribution in [3.8, 4) is 0 Å². The summed E-state index contributed by atoms with van der Waals surface area (Å²) in [5.74, 6) is 0.0243. The maximum Gasteiger partial charge on any atom is 0.253 e. The Morgan fingerprint density at radius 1 is 1.40 bits per heavy atom. The number of benzene rings is 1. The van der Waals surface area contributed by atoms with E-state index in [2.05, 4.69) is 0 Å². The topological polar surface area (TPSA) is 49.8 Å². The number of amides is 1. The van der Waals surface area contributed by atoms with Crippen molar-refractivity contribution in [1.82, 2.24) is 4.90 Å². The Kier molecular flexibility index (Phi) is 5.40. The van der Waals surface area contributed by atoms with Crippen LogP contribution in [0, 0.1) is 6.92 Å². The molecule has 2 rings (SSSR count). The van der Waals surface area contributed by atoms with Crippen LogP contribution in [-0.4, -0.2) is 48.3 Å². The summed E-state index contributed by atoms with van der Waals surface area (Å²) < 4.78 is 5.50. The van der Waals surface area contributed by atoms with Crippen LogP contribution in [0.2, 0.25) is 5.02 Å². The first-order valence-corrected chi connectivity index (χ1v) is 7.27. The molecule has 110 valence electrons. The van der Waals surface area contributed by atoms with Gasteiger partial charge in [0.25, 0.3) is 5.91 Å². The van der Waals surface area contributed by atoms with Gasteiger partial charge in [-0.1, -0.05) is 11.6 Å². The molecule has 0 radical (unpaired) electrons. The number of carbonyl (C=O) groups is 1. The Hall–Kier alpha value is -1.10. The molecule has 1 aliphatic heterocycles. The molecule has 0 spiro atoms. The van der Waals surface area contributed by atoms with E-state index < -0.39 is 0 Å². The fourth-order valence-corrected chi connectivity index (χ4v) is 2.78. The van der Waals surface area contributed by atoms with Crippen LogP contribution < -0.4 is 0 Å². The normalized spacial score (nSPS) is 16.4. The van der Waals surface area contributed by atoms with E-state index >= 15 is 0 Å². The lowest BCUT2D eigenvalue weighted by molar-refractivity contribution is -0.00554. The third-order valence-corrected chi connectivity index (χ3v) is 3.68. The molecule has 1 aromatic rings. The monoisotopic (exact) mass is 297 g/mol. The van der Waals surface area contributed by atoms with Crippen LogP contribution in [0.3, 0.4) is 0 Å². The third-order valence-electron chi connectivity index (χ3n) is 3.46.